The second kappa shape index (κ2) is 11.3. The van der Waals surface area contributed by atoms with Gasteiger partial charge in [-0.05, 0) is 43.4 Å². The second-order valence-electron chi connectivity index (χ2n) is 9.57. The number of aryl methyl sites for hydroxylation is 2. The average Bonchev–Trinajstić information content (AvgIpc) is 3.20. The summed E-state index contributed by atoms with van der Waals surface area (Å²) in [5, 5.41) is 17.1. The van der Waals surface area contributed by atoms with Gasteiger partial charge in [-0.15, -0.1) is 0 Å². The normalized spacial score (nSPS) is 18.5. The van der Waals surface area contributed by atoms with Crippen molar-refractivity contribution in [1.29, 1.82) is 0 Å². The molecule has 8 nitrogen and oxygen atoms in total. The number of nitrogens with one attached hydrogen (secondary N) is 2. The van der Waals surface area contributed by atoms with E-state index in [0.29, 0.717) is 25.1 Å². The molecule has 11 heteroatoms. The van der Waals surface area contributed by atoms with E-state index in [2.05, 4.69) is 10.6 Å². The molecular formula is C26H34F2N4O4S. The van der Waals surface area contributed by atoms with Gasteiger partial charge in [0.05, 0.1) is 35.6 Å². The first-order valence-electron chi connectivity index (χ1n) is 12.6. The predicted molar refractivity (Wildman–Crippen MR) is 141 cm³/mol. The summed E-state index contributed by atoms with van der Waals surface area (Å²) < 4.78 is 53.9. The maximum Gasteiger partial charge on any atom is 0.251 e. The van der Waals surface area contributed by atoms with E-state index in [1.165, 1.54) is 11.4 Å². The fourth-order valence-electron chi connectivity index (χ4n) is 4.94. The first-order valence-corrected chi connectivity index (χ1v) is 14.2. The van der Waals surface area contributed by atoms with E-state index in [0.717, 1.165) is 34.9 Å². The number of aliphatic hydroxyl groups is 1. The summed E-state index contributed by atoms with van der Waals surface area (Å²) in [6.07, 6.45) is 6.90. The van der Waals surface area contributed by atoms with Gasteiger partial charge in [-0.25, -0.2) is 17.2 Å². The van der Waals surface area contributed by atoms with Gasteiger partial charge in [0, 0.05) is 37.3 Å². The molecule has 1 aromatic carbocycles. The van der Waals surface area contributed by atoms with Gasteiger partial charge in [-0.3, -0.25) is 9.10 Å². The third-order valence-electron chi connectivity index (χ3n) is 7.04. The number of allylic oxidation sites excluding steroid dienone is 3. The highest BCUT2D eigenvalue weighted by molar-refractivity contribution is 7.92. The third-order valence-corrected chi connectivity index (χ3v) is 8.77. The molecule has 0 radical (unpaired) electrons. The Balaban J connectivity index is 1.66. The largest absolute Gasteiger partial charge is 0.390 e. The third kappa shape index (κ3) is 6.05. The van der Waals surface area contributed by atoms with Crippen LogP contribution >= 0.6 is 0 Å². The van der Waals surface area contributed by atoms with Gasteiger partial charge in [0.1, 0.15) is 0 Å². The van der Waals surface area contributed by atoms with Crippen LogP contribution in [0.5, 0.6) is 0 Å². The average molecular weight is 537 g/mol. The molecule has 2 atom stereocenters. The Morgan fingerprint density at radius 3 is 2.70 bits per heavy atom. The molecule has 3 N–H and O–H groups in total. The first kappa shape index (κ1) is 27.3. The summed E-state index contributed by atoms with van der Waals surface area (Å²) in [7, 11) is -2.07. The van der Waals surface area contributed by atoms with Crippen molar-refractivity contribution in [2.75, 3.05) is 30.2 Å². The minimum atomic E-state index is -3.56. The van der Waals surface area contributed by atoms with Crippen LogP contribution in [-0.4, -0.2) is 68.5 Å². The molecule has 2 heterocycles. The molecule has 0 bridgehead atoms. The summed E-state index contributed by atoms with van der Waals surface area (Å²) in [5.41, 5.74) is 3.51. The number of benzene rings is 1. The zero-order valence-electron chi connectivity index (χ0n) is 21.1. The van der Waals surface area contributed by atoms with Gasteiger partial charge in [0.2, 0.25) is 10.0 Å². The lowest BCUT2D eigenvalue weighted by molar-refractivity contribution is 0.0806. The summed E-state index contributed by atoms with van der Waals surface area (Å²) >= 11 is 0. The number of aromatic nitrogens is 1. The van der Waals surface area contributed by atoms with E-state index in [1.807, 2.05) is 35.9 Å². The van der Waals surface area contributed by atoms with Crippen LogP contribution in [0.25, 0.3) is 10.9 Å². The summed E-state index contributed by atoms with van der Waals surface area (Å²) in [5.74, 6) is -0.510. The molecule has 202 valence electrons. The molecule has 1 unspecified atom stereocenters. The number of anilines is 1. The number of amides is 1. The maximum atomic E-state index is 13.5. The van der Waals surface area contributed by atoms with Crippen molar-refractivity contribution >= 4 is 32.5 Å². The number of carbonyl (C=O) groups excluding carboxylic acids is 1. The van der Waals surface area contributed by atoms with Gasteiger partial charge in [0.15, 0.2) is 0 Å². The zero-order chi connectivity index (χ0) is 26.7. The molecule has 2 aliphatic rings. The number of alkyl halides is 2. The molecule has 0 fully saturated rings. The van der Waals surface area contributed by atoms with Crippen LogP contribution in [0.3, 0.4) is 0 Å². The minimum absolute atomic E-state index is 0.0456. The Morgan fingerprint density at radius 1 is 1.24 bits per heavy atom. The molecule has 1 aliphatic heterocycles. The van der Waals surface area contributed by atoms with E-state index < -0.39 is 41.0 Å². The van der Waals surface area contributed by atoms with E-state index in [4.69, 9.17) is 0 Å². The number of sulfonamides is 1. The Labute approximate surface area is 216 Å². The highest BCUT2D eigenvalue weighted by Gasteiger charge is 2.29. The molecule has 1 amide bonds. The maximum absolute atomic E-state index is 13.5. The van der Waals surface area contributed by atoms with Crippen molar-refractivity contribution in [3.05, 3.63) is 53.3 Å². The highest BCUT2D eigenvalue weighted by Crippen LogP contribution is 2.35. The van der Waals surface area contributed by atoms with Crippen molar-refractivity contribution in [1.82, 2.24) is 15.2 Å². The number of hydrogen-bond acceptors (Lipinski definition) is 5. The number of hydrogen-bond donors (Lipinski definition) is 3. The zero-order valence-corrected chi connectivity index (χ0v) is 21.9. The van der Waals surface area contributed by atoms with Crippen molar-refractivity contribution in [3.63, 3.8) is 0 Å². The first-order chi connectivity index (χ1) is 17.6. The fraction of sp³-hybridized carbons (Fsp3) is 0.500. The van der Waals surface area contributed by atoms with Gasteiger partial charge < -0.3 is 20.3 Å². The van der Waals surface area contributed by atoms with Crippen LogP contribution < -0.4 is 14.9 Å². The highest BCUT2D eigenvalue weighted by atomic mass is 32.2. The minimum Gasteiger partial charge on any atom is -0.390 e. The Kier molecular flexibility index (Phi) is 8.35. The molecule has 0 spiro atoms. The SMILES string of the molecule is CCc1cn2c3c(cc(C(=O)NC(CC4=CC=CCC4)[C@H](O)CNCC(F)F)cc13)N(C)S(=O)(=O)CC2. The summed E-state index contributed by atoms with van der Waals surface area (Å²) in [6, 6.07) is 2.61. The number of halogens is 2. The molecule has 0 saturated heterocycles. The van der Waals surface area contributed by atoms with Crippen LogP contribution in [0.4, 0.5) is 14.5 Å². The molecule has 37 heavy (non-hydrogen) atoms. The Hall–Kier alpha value is -2.76. The van der Waals surface area contributed by atoms with Gasteiger partial charge in [-0.1, -0.05) is 30.7 Å². The van der Waals surface area contributed by atoms with E-state index in [-0.39, 0.29) is 17.9 Å². The predicted octanol–water partition coefficient (Wildman–Crippen LogP) is 2.96. The van der Waals surface area contributed by atoms with Gasteiger partial charge in [-0.2, -0.15) is 0 Å². The number of carbonyl (C=O) groups is 1. The van der Waals surface area contributed by atoms with Crippen LogP contribution in [0.1, 0.15) is 42.1 Å². The molecular weight excluding hydrogens is 502 g/mol. The quantitative estimate of drug-likeness (QED) is 0.433. The summed E-state index contributed by atoms with van der Waals surface area (Å²) in [4.78, 5) is 13.5. The topological polar surface area (TPSA) is 104 Å². The van der Waals surface area contributed by atoms with Crippen molar-refractivity contribution in [2.24, 2.45) is 0 Å². The number of rotatable bonds is 10. The van der Waals surface area contributed by atoms with E-state index in [1.54, 1.807) is 12.1 Å². The van der Waals surface area contributed by atoms with Crippen LogP contribution in [0, 0.1) is 0 Å². The lowest BCUT2D eigenvalue weighted by Gasteiger charge is -2.26. The smallest absolute Gasteiger partial charge is 0.251 e. The lowest BCUT2D eigenvalue weighted by atomic mass is 9.94. The summed E-state index contributed by atoms with van der Waals surface area (Å²) in [6.45, 7) is 1.67. The molecule has 4 rings (SSSR count). The van der Waals surface area contributed by atoms with Crippen molar-refractivity contribution in [2.45, 2.75) is 57.7 Å². The Bertz CT molecular complexity index is 1320. The van der Waals surface area contributed by atoms with E-state index in [9.17, 15) is 27.1 Å². The molecule has 0 saturated carbocycles. The van der Waals surface area contributed by atoms with Crippen molar-refractivity contribution in [3.8, 4) is 0 Å². The molecule has 2 aromatic rings. The molecule has 1 aliphatic carbocycles. The van der Waals surface area contributed by atoms with E-state index >= 15 is 0 Å². The monoisotopic (exact) mass is 536 g/mol. The fourth-order valence-corrected chi connectivity index (χ4v) is 6.08. The van der Waals surface area contributed by atoms with Crippen LogP contribution in [-0.2, 0) is 23.0 Å². The van der Waals surface area contributed by atoms with Gasteiger partial charge >= 0.3 is 0 Å². The van der Waals surface area contributed by atoms with Gasteiger partial charge in [0.25, 0.3) is 12.3 Å². The molecule has 1 aromatic heterocycles. The number of nitrogens with zero attached hydrogens (tertiary/aromatic N) is 2. The van der Waals surface area contributed by atoms with Crippen LogP contribution in [0.2, 0.25) is 0 Å². The standard InChI is InChI=1S/C26H34F2N4O4S/c1-3-18-16-32-9-10-37(35,36)31(2)22-13-19(12-20(18)25(22)32)26(34)30-21(11-17-7-5-4-6-8-17)23(33)14-29-15-24(27)28/h4-5,7,12-13,16,21,23-24,29,33H,3,6,8-11,14-15H2,1-2H3,(H,30,34)/t21?,23-/m1/s1. The van der Waals surface area contributed by atoms with Crippen molar-refractivity contribution < 1.29 is 27.1 Å². The second-order valence-corrected chi connectivity index (χ2v) is 11.7. The Morgan fingerprint density at radius 2 is 2.03 bits per heavy atom. The lowest BCUT2D eigenvalue weighted by Crippen LogP contribution is -2.48. The number of aliphatic hydroxyl groups excluding tert-OH is 1. The van der Waals surface area contributed by atoms with Crippen LogP contribution in [0.15, 0.2) is 42.1 Å².